The minimum atomic E-state index is -0.478. The Morgan fingerprint density at radius 2 is 1.74 bits per heavy atom. The smallest absolute Gasteiger partial charge is 0.253 e. The topological polar surface area (TPSA) is 61.4 Å². The number of anilines is 1. The lowest BCUT2D eigenvalue weighted by Gasteiger charge is -2.27. The Hall–Kier alpha value is -2.08. The Bertz CT molecular complexity index is 851. The highest BCUT2D eigenvalue weighted by atomic mass is 35.5. The van der Waals surface area contributed by atoms with E-state index >= 15 is 0 Å². The molecule has 144 valence electrons. The van der Waals surface area contributed by atoms with E-state index in [0.29, 0.717) is 21.3 Å². The molecule has 0 radical (unpaired) electrons. The van der Waals surface area contributed by atoms with E-state index in [-0.39, 0.29) is 18.4 Å². The molecule has 0 aliphatic rings. The van der Waals surface area contributed by atoms with E-state index in [1.54, 1.807) is 50.5 Å². The molecule has 2 N–H and O–H groups in total. The summed E-state index contributed by atoms with van der Waals surface area (Å²) in [6, 6.07) is 12.2. The van der Waals surface area contributed by atoms with Gasteiger partial charge < -0.3 is 10.2 Å². The summed E-state index contributed by atoms with van der Waals surface area (Å²) in [5.41, 5.74) is 1.53. The van der Waals surface area contributed by atoms with Crippen molar-refractivity contribution in [2.75, 3.05) is 26.0 Å². The third kappa shape index (κ3) is 5.70. The van der Waals surface area contributed by atoms with Gasteiger partial charge in [0.05, 0.1) is 16.6 Å². The number of carbonyl (C=O) groups is 2. The standard InChI is InChI=1S/C20H23Cl2N3O2/c1-20(2,14-8-9-16(21)17(22)11-14)23-12-18(26)24-15-7-5-6-13(10-15)19(27)25(3)4/h5-11,23H,12H2,1-4H3,(H,24,26). The molecule has 2 aromatic rings. The molecule has 0 spiro atoms. The van der Waals surface area contributed by atoms with Crippen LogP contribution in [0.25, 0.3) is 0 Å². The average molecular weight is 408 g/mol. The quantitative estimate of drug-likeness (QED) is 0.755. The molecule has 0 fully saturated rings. The van der Waals surface area contributed by atoms with Crippen molar-refractivity contribution in [2.24, 2.45) is 0 Å². The molecule has 0 atom stereocenters. The van der Waals surface area contributed by atoms with E-state index in [9.17, 15) is 9.59 Å². The molecule has 0 saturated carbocycles. The summed E-state index contributed by atoms with van der Waals surface area (Å²) in [6.45, 7) is 4.01. The lowest BCUT2D eigenvalue weighted by atomic mass is 9.94. The molecule has 0 aromatic heterocycles. The number of nitrogens with zero attached hydrogens (tertiary/aromatic N) is 1. The maximum absolute atomic E-state index is 12.3. The van der Waals surface area contributed by atoms with Crippen LogP contribution in [0.2, 0.25) is 10.0 Å². The number of hydrogen-bond donors (Lipinski definition) is 2. The Morgan fingerprint density at radius 1 is 1.04 bits per heavy atom. The van der Waals surface area contributed by atoms with Gasteiger partial charge in [0.2, 0.25) is 5.91 Å². The summed E-state index contributed by atoms with van der Waals surface area (Å²) in [7, 11) is 3.37. The number of hydrogen-bond acceptors (Lipinski definition) is 3. The second-order valence-corrected chi connectivity index (χ2v) is 7.75. The summed E-state index contributed by atoms with van der Waals surface area (Å²) in [4.78, 5) is 25.8. The number of nitrogens with one attached hydrogen (secondary N) is 2. The van der Waals surface area contributed by atoms with Crippen molar-refractivity contribution in [1.29, 1.82) is 0 Å². The Labute approximate surface area is 169 Å². The third-order valence-electron chi connectivity index (χ3n) is 4.13. The molecule has 5 nitrogen and oxygen atoms in total. The van der Waals surface area contributed by atoms with Crippen molar-refractivity contribution >= 4 is 40.7 Å². The van der Waals surface area contributed by atoms with Crippen molar-refractivity contribution in [1.82, 2.24) is 10.2 Å². The van der Waals surface area contributed by atoms with Crippen LogP contribution in [0.4, 0.5) is 5.69 Å². The van der Waals surface area contributed by atoms with E-state index in [2.05, 4.69) is 10.6 Å². The van der Waals surface area contributed by atoms with Crippen LogP contribution >= 0.6 is 23.2 Å². The van der Waals surface area contributed by atoms with Crippen LogP contribution in [0.15, 0.2) is 42.5 Å². The van der Waals surface area contributed by atoms with Gasteiger partial charge >= 0.3 is 0 Å². The first kappa shape index (κ1) is 21.2. The van der Waals surface area contributed by atoms with Gasteiger partial charge in [0.1, 0.15) is 0 Å². The highest BCUT2D eigenvalue weighted by Crippen LogP contribution is 2.28. The fourth-order valence-corrected chi connectivity index (χ4v) is 2.78. The first-order valence-electron chi connectivity index (χ1n) is 8.42. The van der Waals surface area contributed by atoms with Gasteiger partial charge in [-0.15, -0.1) is 0 Å². The van der Waals surface area contributed by atoms with Gasteiger partial charge in [-0.25, -0.2) is 0 Å². The number of rotatable bonds is 6. The molecule has 0 heterocycles. The third-order valence-corrected chi connectivity index (χ3v) is 4.87. The van der Waals surface area contributed by atoms with Gasteiger partial charge in [0.25, 0.3) is 5.91 Å². The van der Waals surface area contributed by atoms with Gasteiger partial charge in [-0.05, 0) is 49.7 Å². The fourth-order valence-electron chi connectivity index (χ4n) is 2.48. The molecule has 0 aliphatic heterocycles. The second kappa shape index (κ2) is 8.74. The Morgan fingerprint density at radius 3 is 2.37 bits per heavy atom. The van der Waals surface area contributed by atoms with Crippen molar-refractivity contribution in [2.45, 2.75) is 19.4 Å². The zero-order valence-electron chi connectivity index (χ0n) is 15.8. The summed E-state index contributed by atoms with van der Waals surface area (Å²) < 4.78 is 0. The maximum atomic E-state index is 12.3. The minimum Gasteiger partial charge on any atom is -0.345 e. The van der Waals surface area contributed by atoms with E-state index in [1.807, 2.05) is 19.9 Å². The average Bonchev–Trinajstić information content (AvgIpc) is 2.61. The first-order valence-corrected chi connectivity index (χ1v) is 9.18. The predicted octanol–water partition coefficient (Wildman–Crippen LogP) is 4.16. The van der Waals surface area contributed by atoms with Crippen LogP contribution in [-0.2, 0) is 10.3 Å². The summed E-state index contributed by atoms with van der Waals surface area (Å²) in [5, 5.41) is 6.97. The van der Waals surface area contributed by atoms with E-state index in [4.69, 9.17) is 23.2 Å². The fraction of sp³-hybridized carbons (Fsp3) is 0.300. The SMILES string of the molecule is CN(C)C(=O)c1cccc(NC(=O)CNC(C)(C)c2ccc(Cl)c(Cl)c2)c1. The molecule has 0 aliphatic carbocycles. The van der Waals surface area contributed by atoms with Crippen molar-refractivity contribution < 1.29 is 9.59 Å². The van der Waals surface area contributed by atoms with Gasteiger partial charge in [0, 0.05) is 30.9 Å². The molecule has 0 saturated heterocycles. The molecule has 0 unspecified atom stereocenters. The lowest BCUT2D eigenvalue weighted by Crippen LogP contribution is -2.41. The van der Waals surface area contributed by atoms with Crippen LogP contribution in [0, 0.1) is 0 Å². The monoisotopic (exact) mass is 407 g/mol. The van der Waals surface area contributed by atoms with Crippen LogP contribution in [0.5, 0.6) is 0 Å². The molecule has 7 heteroatoms. The zero-order chi connectivity index (χ0) is 20.2. The first-order chi connectivity index (χ1) is 12.6. The van der Waals surface area contributed by atoms with Gasteiger partial charge in [0.15, 0.2) is 0 Å². The molecular formula is C20H23Cl2N3O2. The van der Waals surface area contributed by atoms with Crippen molar-refractivity contribution in [3.05, 3.63) is 63.6 Å². The van der Waals surface area contributed by atoms with Crippen LogP contribution in [-0.4, -0.2) is 37.4 Å². The predicted molar refractivity (Wildman–Crippen MR) is 111 cm³/mol. The van der Waals surface area contributed by atoms with Gasteiger partial charge in [-0.3, -0.25) is 14.9 Å². The van der Waals surface area contributed by atoms with Crippen LogP contribution < -0.4 is 10.6 Å². The van der Waals surface area contributed by atoms with Gasteiger partial charge in [-0.1, -0.05) is 35.3 Å². The molecule has 2 amide bonds. The molecule has 2 aromatic carbocycles. The Kier molecular flexibility index (Phi) is 6.87. The summed E-state index contributed by atoms with van der Waals surface area (Å²) in [5.74, 6) is -0.331. The number of halogens is 2. The van der Waals surface area contributed by atoms with Crippen molar-refractivity contribution in [3.63, 3.8) is 0 Å². The van der Waals surface area contributed by atoms with Crippen molar-refractivity contribution in [3.8, 4) is 0 Å². The molecular weight excluding hydrogens is 385 g/mol. The summed E-state index contributed by atoms with van der Waals surface area (Å²) in [6.07, 6.45) is 0. The van der Waals surface area contributed by atoms with Crippen LogP contribution in [0.3, 0.4) is 0 Å². The second-order valence-electron chi connectivity index (χ2n) is 6.94. The largest absolute Gasteiger partial charge is 0.345 e. The maximum Gasteiger partial charge on any atom is 0.253 e. The number of benzene rings is 2. The molecule has 2 rings (SSSR count). The Balaban J connectivity index is 2.00. The number of amides is 2. The van der Waals surface area contributed by atoms with E-state index in [0.717, 1.165) is 5.56 Å². The number of carbonyl (C=O) groups excluding carboxylic acids is 2. The normalized spacial score (nSPS) is 11.2. The highest BCUT2D eigenvalue weighted by Gasteiger charge is 2.22. The zero-order valence-corrected chi connectivity index (χ0v) is 17.3. The van der Waals surface area contributed by atoms with E-state index < -0.39 is 5.54 Å². The highest BCUT2D eigenvalue weighted by molar-refractivity contribution is 6.42. The lowest BCUT2D eigenvalue weighted by molar-refractivity contribution is -0.115. The minimum absolute atomic E-state index is 0.0963. The summed E-state index contributed by atoms with van der Waals surface area (Å²) >= 11 is 12.0. The molecule has 27 heavy (non-hydrogen) atoms. The van der Waals surface area contributed by atoms with Gasteiger partial charge in [-0.2, -0.15) is 0 Å². The van der Waals surface area contributed by atoms with Crippen LogP contribution in [0.1, 0.15) is 29.8 Å². The molecule has 0 bridgehead atoms. The van der Waals surface area contributed by atoms with E-state index in [1.165, 1.54) is 4.90 Å².